The second-order valence-electron chi connectivity index (χ2n) is 6.38. The zero-order chi connectivity index (χ0) is 16.5. The van der Waals surface area contributed by atoms with Gasteiger partial charge in [-0.2, -0.15) is 13.2 Å². The van der Waals surface area contributed by atoms with Gasteiger partial charge in [-0.25, -0.2) is 4.98 Å². The first-order valence-corrected chi connectivity index (χ1v) is 11.4. The summed E-state index contributed by atoms with van der Waals surface area (Å²) >= 11 is 3.16. The van der Waals surface area contributed by atoms with Crippen molar-refractivity contribution in [2.75, 3.05) is 6.61 Å². The van der Waals surface area contributed by atoms with E-state index in [-0.39, 0.29) is 17.8 Å². The van der Waals surface area contributed by atoms with Gasteiger partial charge in [-0.1, -0.05) is 19.6 Å². The van der Waals surface area contributed by atoms with Crippen LogP contribution < -0.4 is 0 Å². The fourth-order valence-corrected chi connectivity index (χ4v) is 3.10. The van der Waals surface area contributed by atoms with Crippen molar-refractivity contribution >= 4 is 35.0 Å². The van der Waals surface area contributed by atoms with Gasteiger partial charge in [0.15, 0.2) is 0 Å². The molecule has 0 radical (unpaired) electrons. The lowest BCUT2D eigenvalue weighted by Crippen LogP contribution is -2.22. The van der Waals surface area contributed by atoms with Crippen molar-refractivity contribution in [1.29, 1.82) is 0 Å². The van der Waals surface area contributed by atoms with Gasteiger partial charge in [-0.3, -0.25) is 0 Å². The molecule has 0 aromatic carbocycles. The van der Waals surface area contributed by atoms with E-state index in [1.807, 2.05) is 0 Å². The van der Waals surface area contributed by atoms with E-state index in [1.165, 1.54) is 16.8 Å². The predicted octanol–water partition coefficient (Wildman–Crippen LogP) is 5.13. The SMILES string of the molecule is C[Si](C)(C)CCOCn1cc(C(F)(F)F)c2cc(Br)cnc21. The van der Waals surface area contributed by atoms with Gasteiger partial charge < -0.3 is 9.30 Å². The number of pyridine rings is 1. The monoisotopic (exact) mass is 394 g/mol. The second-order valence-corrected chi connectivity index (χ2v) is 12.9. The molecule has 2 aromatic rings. The molecule has 0 spiro atoms. The molecule has 8 heteroatoms. The normalized spacial score (nSPS) is 13.0. The highest BCUT2D eigenvalue weighted by Crippen LogP contribution is 2.36. The molecule has 0 N–H and O–H groups in total. The molecule has 0 aliphatic rings. The van der Waals surface area contributed by atoms with Gasteiger partial charge in [-0.05, 0) is 28.0 Å². The fraction of sp³-hybridized carbons (Fsp3) is 0.500. The van der Waals surface area contributed by atoms with Crippen molar-refractivity contribution in [2.45, 2.75) is 38.6 Å². The van der Waals surface area contributed by atoms with Crippen molar-refractivity contribution in [3.8, 4) is 0 Å². The van der Waals surface area contributed by atoms with Crippen LogP contribution in [0.4, 0.5) is 13.2 Å². The Morgan fingerprint density at radius 2 is 2.00 bits per heavy atom. The quantitative estimate of drug-likeness (QED) is 0.519. The van der Waals surface area contributed by atoms with Crippen molar-refractivity contribution in [2.24, 2.45) is 0 Å². The van der Waals surface area contributed by atoms with Gasteiger partial charge in [0.2, 0.25) is 0 Å². The van der Waals surface area contributed by atoms with E-state index >= 15 is 0 Å². The van der Waals surface area contributed by atoms with Crippen LogP contribution in [0.2, 0.25) is 25.7 Å². The summed E-state index contributed by atoms with van der Waals surface area (Å²) in [6.45, 7) is 7.30. The zero-order valence-corrected chi connectivity index (χ0v) is 15.3. The number of fused-ring (bicyclic) bond motifs is 1. The first-order valence-electron chi connectivity index (χ1n) is 6.87. The summed E-state index contributed by atoms with van der Waals surface area (Å²) in [5, 5.41) is 0.0793. The molecule has 122 valence electrons. The molecule has 0 unspecified atom stereocenters. The minimum Gasteiger partial charge on any atom is -0.361 e. The predicted molar refractivity (Wildman–Crippen MR) is 86.5 cm³/mol. The number of rotatable bonds is 5. The van der Waals surface area contributed by atoms with Crippen molar-refractivity contribution in [1.82, 2.24) is 9.55 Å². The molecule has 3 nitrogen and oxygen atoms in total. The summed E-state index contributed by atoms with van der Waals surface area (Å²) in [7, 11) is -1.22. The smallest absolute Gasteiger partial charge is 0.361 e. The first-order chi connectivity index (χ1) is 10.1. The summed E-state index contributed by atoms with van der Waals surface area (Å²) in [5.74, 6) is 0. The van der Waals surface area contributed by atoms with Gasteiger partial charge in [0, 0.05) is 36.9 Å². The maximum atomic E-state index is 13.1. The van der Waals surface area contributed by atoms with E-state index in [0.717, 1.165) is 12.2 Å². The molecule has 0 bridgehead atoms. The summed E-state index contributed by atoms with van der Waals surface area (Å²) in [6.07, 6.45) is -1.86. The van der Waals surface area contributed by atoms with Crippen molar-refractivity contribution < 1.29 is 17.9 Å². The highest BCUT2D eigenvalue weighted by molar-refractivity contribution is 9.10. The summed E-state index contributed by atoms with van der Waals surface area (Å²) < 4.78 is 46.8. The van der Waals surface area contributed by atoms with Gasteiger partial charge in [0.1, 0.15) is 12.4 Å². The molecule has 0 saturated carbocycles. The Morgan fingerprint density at radius 3 is 2.59 bits per heavy atom. The largest absolute Gasteiger partial charge is 0.418 e. The van der Waals surface area contributed by atoms with Crippen LogP contribution in [-0.4, -0.2) is 24.2 Å². The molecular weight excluding hydrogens is 377 g/mol. The van der Waals surface area contributed by atoms with Crippen LogP contribution in [0.25, 0.3) is 11.0 Å². The Kier molecular flexibility index (Phi) is 5.03. The number of alkyl halides is 3. The molecule has 0 aliphatic heterocycles. The average molecular weight is 395 g/mol. The van der Waals surface area contributed by atoms with Crippen LogP contribution in [0.5, 0.6) is 0 Å². The minimum atomic E-state index is -4.41. The maximum absolute atomic E-state index is 13.1. The van der Waals surface area contributed by atoms with Gasteiger partial charge in [-0.15, -0.1) is 0 Å². The molecule has 22 heavy (non-hydrogen) atoms. The molecule has 0 saturated heterocycles. The third-order valence-corrected chi connectivity index (χ3v) is 5.35. The standard InChI is InChI=1S/C14H18BrF3N2OSi/c1-22(2,3)5-4-21-9-20-8-12(14(16,17)18)11-6-10(15)7-19-13(11)20/h6-8H,4-5,9H2,1-3H3. The molecule has 2 rings (SSSR count). The highest BCUT2D eigenvalue weighted by Gasteiger charge is 2.35. The molecule has 0 fully saturated rings. The van der Waals surface area contributed by atoms with Gasteiger partial charge in [0.25, 0.3) is 0 Å². The number of halogens is 4. The van der Waals surface area contributed by atoms with E-state index in [9.17, 15) is 13.2 Å². The van der Waals surface area contributed by atoms with Crippen LogP contribution in [0.1, 0.15) is 5.56 Å². The van der Waals surface area contributed by atoms with E-state index < -0.39 is 19.8 Å². The third-order valence-electron chi connectivity index (χ3n) is 3.21. The fourth-order valence-electron chi connectivity index (χ4n) is 2.01. The maximum Gasteiger partial charge on any atom is 0.418 e. The molecule has 0 aliphatic carbocycles. The van der Waals surface area contributed by atoms with Crippen LogP contribution >= 0.6 is 15.9 Å². The Hall–Kier alpha value is -0.863. The van der Waals surface area contributed by atoms with E-state index in [1.54, 1.807) is 0 Å². The Morgan fingerprint density at radius 1 is 1.32 bits per heavy atom. The van der Waals surface area contributed by atoms with Crippen LogP contribution in [0.15, 0.2) is 22.9 Å². The molecule has 2 heterocycles. The molecular formula is C14H18BrF3N2OSi. The van der Waals surface area contributed by atoms with Crippen molar-refractivity contribution in [3.05, 3.63) is 28.5 Å². The minimum absolute atomic E-state index is 0.0751. The lowest BCUT2D eigenvalue weighted by Gasteiger charge is -2.15. The van der Waals surface area contributed by atoms with Crippen LogP contribution in [0.3, 0.4) is 0 Å². The summed E-state index contributed by atoms with van der Waals surface area (Å²) in [5.41, 5.74) is -0.409. The first kappa shape index (κ1) is 17.5. The molecule has 0 amide bonds. The van der Waals surface area contributed by atoms with Gasteiger partial charge in [0.05, 0.1) is 5.56 Å². The number of nitrogens with zero attached hydrogens (tertiary/aromatic N) is 2. The number of hydrogen-bond acceptors (Lipinski definition) is 2. The van der Waals surface area contributed by atoms with Gasteiger partial charge >= 0.3 is 6.18 Å². The van der Waals surface area contributed by atoms with Crippen molar-refractivity contribution in [3.63, 3.8) is 0 Å². The lowest BCUT2D eigenvalue weighted by molar-refractivity contribution is -0.136. The topological polar surface area (TPSA) is 27.1 Å². The number of ether oxygens (including phenoxy) is 1. The molecule has 2 aromatic heterocycles. The third kappa shape index (κ3) is 4.33. The number of hydrogen-bond donors (Lipinski definition) is 0. The lowest BCUT2D eigenvalue weighted by atomic mass is 10.2. The Balaban J connectivity index is 2.23. The second kappa shape index (κ2) is 6.33. The van der Waals surface area contributed by atoms with Crippen LogP contribution in [-0.2, 0) is 17.6 Å². The van der Waals surface area contributed by atoms with E-state index in [2.05, 4.69) is 40.6 Å². The number of aromatic nitrogens is 2. The summed E-state index contributed by atoms with van der Waals surface area (Å²) in [4.78, 5) is 4.09. The zero-order valence-electron chi connectivity index (χ0n) is 12.7. The Bertz CT molecular complexity index is 664. The van der Waals surface area contributed by atoms with E-state index in [0.29, 0.717) is 11.1 Å². The highest BCUT2D eigenvalue weighted by atomic mass is 79.9. The van der Waals surface area contributed by atoms with E-state index in [4.69, 9.17) is 4.74 Å². The molecule has 0 atom stereocenters. The summed E-state index contributed by atoms with van der Waals surface area (Å²) in [6, 6.07) is 2.40. The average Bonchev–Trinajstić information content (AvgIpc) is 2.71. The Labute approximate surface area is 136 Å². The van der Waals surface area contributed by atoms with Crippen LogP contribution in [0, 0.1) is 0 Å².